The monoisotopic (exact) mass is 156 g/mol. The lowest BCUT2D eigenvalue weighted by Gasteiger charge is -1.96. The summed E-state index contributed by atoms with van der Waals surface area (Å²) < 4.78 is 0.0333. The van der Waals surface area contributed by atoms with Crippen LogP contribution in [0.4, 0.5) is 5.13 Å². The summed E-state index contributed by atoms with van der Waals surface area (Å²) in [5.74, 6) is 0. The Balaban J connectivity index is 2.85. The van der Waals surface area contributed by atoms with Gasteiger partial charge in [-0.3, -0.25) is 4.79 Å². The SMILES string of the molecule is CCNc1nccc(=O)s1. The van der Waals surface area contributed by atoms with Crippen molar-refractivity contribution in [2.75, 3.05) is 11.9 Å². The van der Waals surface area contributed by atoms with Crippen molar-refractivity contribution in [1.29, 1.82) is 0 Å². The van der Waals surface area contributed by atoms with E-state index in [4.69, 9.17) is 0 Å². The Kier molecular flexibility index (Phi) is 2.39. The van der Waals surface area contributed by atoms with Gasteiger partial charge in [-0.25, -0.2) is 4.98 Å². The molecule has 1 aromatic heterocycles. The standard InChI is InChI=1S/C6H8N2OS/c1-2-7-6-8-4-3-5(9)10-6/h3-4H,2H2,1H3,(H,7,8). The molecule has 0 fully saturated rings. The van der Waals surface area contributed by atoms with Crippen LogP contribution in [0.5, 0.6) is 0 Å². The van der Waals surface area contributed by atoms with E-state index in [1.807, 2.05) is 6.92 Å². The molecular weight excluding hydrogens is 148 g/mol. The molecule has 1 rings (SSSR count). The van der Waals surface area contributed by atoms with Crippen LogP contribution in [0.25, 0.3) is 0 Å². The highest BCUT2D eigenvalue weighted by atomic mass is 32.1. The molecule has 0 aliphatic carbocycles. The predicted molar refractivity (Wildman–Crippen MR) is 42.5 cm³/mol. The normalized spacial score (nSPS) is 9.30. The van der Waals surface area contributed by atoms with Crippen LogP contribution in [-0.4, -0.2) is 11.5 Å². The third-order valence-corrected chi connectivity index (χ3v) is 1.71. The predicted octanol–water partition coefficient (Wildman–Crippen LogP) is 0.935. The van der Waals surface area contributed by atoms with Gasteiger partial charge in [0.2, 0.25) is 4.74 Å². The molecule has 0 aliphatic heterocycles. The van der Waals surface area contributed by atoms with Crippen molar-refractivity contribution < 1.29 is 0 Å². The van der Waals surface area contributed by atoms with Gasteiger partial charge in [0, 0.05) is 18.8 Å². The van der Waals surface area contributed by atoms with Crippen LogP contribution in [0.3, 0.4) is 0 Å². The van der Waals surface area contributed by atoms with E-state index >= 15 is 0 Å². The number of anilines is 1. The molecule has 0 aliphatic rings. The van der Waals surface area contributed by atoms with E-state index < -0.39 is 0 Å². The molecule has 0 radical (unpaired) electrons. The second kappa shape index (κ2) is 3.31. The summed E-state index contributed by atoms with van der Waals surface area (Å²) in [7, 11) is 0. The molecule has 3 nitrogen and oxygen atoms in total. The summed E-state index contributed by atoms with van der Waals surface area (Å²) in [5.41, 5.74) is 0. The first-order valence-corrected chi connectivity index (χ1v) is 3.84. The van der Waals surface area contributed by atoms with Gasteiger partial charge in [0.05, 0.1) is 0 Å². The van der Waals surface area contributed by atoms with E-state index in [0.717, 1.165) is 17.9 Å². The number of nitrogens with one attached hydrogen (secondary N) is 1. The minimum atomic E-state index is 0.0333. The second-order valence-electron chi connectivity index (χ2n) is 1.70. The van der Waals surface area contributed by atoms with Crippen LogP contribution in [0.2, 0.25) is 0 Å². The zero-order chi connectivity index (χ0) is 7.40. The zero-order valence-electron chi connectivity index (χ0n) is 5.63. The zero-order valence-corrected chi connectivity index (χ0v) is 6.44. The summed E-state index contributed by atoms with van der Waals surface area (Å²) in [6, 6.07) is 1.45. The van der Waals surface area contributed by atoms with Gasteiger partial charge in [0.15, 0.2) is 5.13 Å². The van der Waals surface area contributed by atoms with Gasteiger partial charge in [0.25, 0.3) is 0 Å². The maximum Gasteiger partial charge on any atom is 0.237 e. The Hall–Kier alpha value is -0.900. The Morgan fingerprint density at radius 3 is 3.20 bits per heavy atom. The summed E-state index contributed by atoms with van der Waals surface area (Å²) in [5, 5.41) is 3.65. The topological polar surface area (TPSA) is 42.0 Å². The van der Waals surface area contributed by atoms with E-state index in [-0.39, 0.29) is 4.74 Å². The summed E-state index contributed by atoms with van der Waals surface area (Å²) >= 11 is 1.12. The van der Waals surface area contributed by atoms with E-state index in [0.29, 0.717) is 5.13 Å². The number of nitrogens with zero attached hydrogens (tertiary/aromatic N) is 1. The largest absolute Gasteiger partial charge is 0.362 e. The first-order valence-electron chi connectivity index (χ1n) is 3.03. The molecule has 1 aromatic rings. The fourth-order valence-electron chi connectivity index (χ4n) is 0.554. The minimum absolute atomic E-state index is 0.0333. The van der Waals surface area contributed by atoms with Gasteiger partial charge in [-0.05, 0) is 6.92 Å². The van der Waals surface area contributed by atoms with Gasteiger partial charge < -0.3 is 5.32 Å². The summed E-state index contributed by atoms with van der Waals surface area (Å²) in [6.45, 7) is 2.76. The maximum absolute atomic E-state index is 10.7. The highest BCUT2D eigenvalue weighted by Crippen LogP contribution is 2.02. The van der Waals surface area contributed by atoms with Crippen molar-refractivity contribution in [2.24, 2.45) is 0 Å². The lowest BCUT2D eigenvalue weighted by Crippen LogP contribution is -2.00. The van der Waals surface area contributed by atoms with Crippen molar-refractivity contribution in [3.63, 3.8) is 0 Å². The molecule has 0 unspecified atom stereocenters. The first-order chi connectivity index (χ1) is 4.83. The minimum Gasteiger partial charge on any atom is -0.362 e. The molecule has 0 atom stereocenters. The van der Waals surface area contributed by atoms with Crippen LogP contribution in [0.1, 0.15) is 6.92 Å². The molecule has 0 spiro atoms. The van der Waals surface area contributed by atoms with Gasteiger partial charge >= 0.3 is 0 Å². The molecule has 0 bridgehead atoms. The lowest BCUT2D eigenvalue weighted by atomic mass is 10.7. The molecule has 10 heavy (non-hydrogen) atoms. The number of aromatic nitrogens is 1. The molecular formula is C6H8N2OS. The summed E-state index contributed by atoms with van der Waals surface area (Å²) in [4.78, 5) is 14.6. The Morgan fingerprint density at radius 1 is 1.80 bits per heavy atom. The Bertz CT molecular complexity index is 258. The smallest absolute Gasteiger partial charge is 0.237 e. The molecule has 4 heteroatoms. The molecule has 1 N–H and O–H groups in total. The van der Waals surface area contributed by atoms with Crippen molar-refractivity contribution in [2.45, 2.75) is 6.92 Å². The fraction of sp³-hybridized carbons (Fsp3) is 0.333. The van der Waals surface area contributed by atoms with Gasteiger partial charge in [0.1, 0.15) is 0 Å². The van der Waals surface area contributed by atoms with Crippen molar-refractivity contribution in [3.05, 3.63) is 21.8 Å². The van der Waals surface area contributed by atoms with Gasteiger partial charge in [-0.2, -0.15) is 0 Å². The maximum atomic E-state index is 10.7. The van der Waals surface area contributed by atoms with Gasteiger partial charge in [-0.15, -0.1) is 0 Å². The van der Waals surface area contributed by atoms with Crippen molar-refractivity contribution in [1.82, 2.24) is 4.98 Å². The first kappa shape index (κ1) is 7.21. The van der Waals surface area contributed by atoms with E-state index in [1.165, 1.54) is 12.3 Å². The second-order valence-corrected chi connectivity index (χ2v) is 2.69. The number of hydrogen-bond donors (Lipinski definition) is 1. The summed E-state index contributed by atoms with van der Waals surface area (Å²) in [6.07, 6.45) is 1.51. The number of rotatable bonds is 2. The Morgan fingerprint density at radius 2 is 2.60 bits per heavy atom. The molecule has 1 heterocycles. The number of hydrogen-bond acceptors (Lipinski definition) is 4. The fourth-order valence-corrected chi connectivity index (χ4v) is 1.20. The molecule has 0 saturated carbocycles. The van der Waals surface area contributed by atoms with E-state index in [2.05, 4.69) is 10.3 Å². The Labute approximate surface area is 62.7 Å². The molecule has 0 amide bonds. The van der Waals surface area contributed by atoms with Crippen LogP contribution in [0, 0.1) is 0 Å². The lowest BCUT2D eigenvalue weighted by molar-refractivity contribution is 1.18. The highest BCUT2D eigenvalue weighted by molar-refractivity contribution is 7.12. The van der Waals surface area contributed by atoms with Crippen molar-refractivity contribution >= 4 is 16.5 Å². The van der Waals surface area contributed by atoms with E-state index in [9.17, 15) is 4.79 Å². The quantitative estimate of drug-likeness (QED) is 0.692. The molecule has 0 saturated heterocycles. The van der Waals surface area contributed by atoms with Crippen molar-refractivity contribution in [3.8, 4) is 0 Å². The molecule has 54 valence electrons. The van der Waals surface area contributed by atoms with Crippen LogP contribution < -0.4 is 10.1 Å². The van der Waals surface area contributed by atoms with Crippen LogP contribution in [-0.2, 0) is 0 Å². The van der Waals surface area contributed by atoms with Gasteiger partial charge in [-0.1, -0.05) is 11.3 Å². The third-order valence-electron chi connectivity index (χ3n) is 0.928. The molecule has 0 aromatic carbocycles. The highest BCUT2D eigenvalue weighted by Gasteiger charge is 1.90. The van der Waals surface area contributed by atoms with Crippen LogP contribution >= 0.6 is 11.3 Å². The average Bonchev–Trinajstić information content (AvgIpc) is 1.88. The average molecular weight is 156 g/mol. The van der Waals surface area contributed by atoms with E-state index in [1.54, 1.807) is 0 Å². The third kappa shape index (κ3) is 1.80. The van der Waals surface area contributed by atoms with Crippen LogP contribution in [0.15, 0.2) is 17.1 Å².